The number of fused-ring (bicyclic) bond motifs is 2. The summed E-state index contributed by atoms with van der Waals surface area (Å²) in [6, 6.07) is 13.3. The Balaban J connectivity index is 1.52. The minimum atomic E-state index is -1.15. The first-order valence-electron chi connectivity index (χ1n) is 9.04. The fourth-order valence-corrected chi connectivity index (χ4v) is 3.33. The van der Waals surface area contributed by atoms with E-state index in [4.69, 9.17) is 0 Å². The molecule has 0 unspecified atom stereocenters. The van der Waals surface area contributed by atoms with Crippen molar-refractivity contribution in [2.45, 2.75) is 19.0 Å². The summed E-state index contributed by atoms with van der Waals surface area (Å²) in [5.74, 6) is -1.72. The molecule has 0 saturated carbocycles. The molecule has 0 saturated heterocycles. The van der Waals surface area contributed by atoms with Crippen molar-refractivity contribution in [1.29, 1.82) is 0 Å². The summed E-state index contributed by atoms with van der Waals surface area (Å²) in [6.45, 7) is -0.311. The van der Waals surface area contributed by atoms with Crippen molar-refractivity contribution in [1.82, 2.24) is 19.9 Å². The van der Waals surface area contributed by atoms with Crippen LogP contribution in [0.2, 0.25) is 0 Å². The summed E-state index contributed by atoms with van der Waals surface area (Å²) in [7, 11) is 0. The maximum Gasteiger partial charge on any atom is 0.326 e. The van der Waals surface area contributed by atoms with Crippen molar-refractivity contribution in [2.75, 3.05) is 0 Å². The Morgan fingerprint density at radius 2 is 1.83 bits per heavy atom. The fraction of sp³-hybridized carbons (Fsp3) is 0.143. The number of H-pyrrole nitrogens is 1. The van der Waals surface area contributed by atoms with E-state index in [0.717, 1.165) is 16.5 Å². The van der Waals surface area contributed by atoms with Crippen LogP contribution >= 0.6 is 0 Å². The Morgan fingerprint density at radius 3 is 2.62 bits per heavy atom. The molecule has 29 heavy (non-hydrogen) atoms. The van der Waals surface area contributed by atoms with Gasteiger partial charge in [0.1, 0.15) is 12.6 Å². The molecule has 8 nitrogen and oxygen atoms in total. The summed E-state index contributed by atoms with van der Waals surface area (Å²) in [4.78, 5) is 43.9. The van der Waals surface area contributed by atoms with Gasteiger partial charge in [-0.3, -0.25) is 14.2 Å². The maximum atomic E-state index is 12.5. The number of nitrogens with zero attached hydrogens (tertiary/aromatic N) is 2. The maximum absolute atomic E-state index is 12.5. The minimum Gasteiger partial charge on any atom is -0.480 e. The van der Waals surface area contributed by atoms with Gasteiger partial charge in [0.2, 0.25) is 5.91 Å². The Labute approximate surface area is 164 Å². The number of para-hydroxylation sites is 2. The quantitative estimate of drug-likeness (QED) is 0.463. The zero-order valence-corrected chi connectivity index (χ0v) is 15.3. The Hall–Kier alpha value is -3.94. The predicted octanol–water partition coefficient (Wildman–Crippen LogP) is 1.69. The molecule has 2 aromatic carbocycles. The molecule has 0 fully saturated rings. The molecule has 0 spiro atoms. The van der Waals surface area contributed by atoms with E-state index in [1.54, 1.807) is 30.5 Å². The molecule has 0 bridgehead atoms. The van der Waals surface area contributed by atoms with E-state index in [1.807, 2.05) is 24.3 Å². The van der Waals surface area contributed by atoms with E-state index in [1.165, 1.54) is 10.9 Å². The number of aromatic amines is 1. The van der Waals surface area contributed by atoms with Crippen LogP contribution in [-0.2, 0) is 22.6 Å². The highest BCUT2D eigenvalue weighted by Gasteiger charge is 2.22. The molecule has 4 aromatic rings. The summed E-state index contributed by atoms with van der Waals surface area (Å²) in [5, 5.41) is 13.4. The average molecular weight is 390 g/mol. The lowest BCUT2D eigenvalue weighted by Gasteiger charge is -2.15. The van der Waals surface area contributed by atoms with Gasteiger partial charge in [0.05, 0.1) is 17.2 Å². The third-order valence-electron chi connectivity index (χ3n) is 4.78. The molecular formula is C21H18N4O4. The van der Waals surface area contributed by atoms with E-state index < -0.39 is 17.9 Å². The van der Waals surface area contributed by atoms with E-state index in [-0.39, 0.29) is 18.5 Å². The van der Waals surface area contributed by atoms with Crippen molar-refractivity contribution < 1.29 is 14.7 Å². The van der Waals surface area contributed by atoms with Crippen LogP contribution in [-0.4, -0.2) is 37.6 Å². The number of carboxylic acid groups (broad SMARTS) is 1. The van der Waals surface area contributed by atoms with Crippen molar-refractivity contribution >= 4 is 33.7 Å². The molecule has 0 aliphatic carbocycles. The first-order valence-corrected chi connectivity index (χ1v) is 9.04. The van der Waals surface area contributed by atoms with Crippen LogP contribution in [0.5, 0.6) is 0 Å². The van der Waals surface area contributed by atoms with Gasteiger partial charge in [-0.25, -0.2) is 9.78 Å². The molecule has 0 radical (unpaired) electrons. The number of benzene rings is 2. The van der Waals surface area contributed by atoms with Crippen LogP contribution in [0.25, 0.3) is 21.8 Å². The van der Waals surface area contributed by atoms with Gasteiger partial charge in [-0.15, -0.1) is 0 Å². The van der Waals surface area contributed by atoms with Crippen LogP contribution in [0.15, 0.2) is 65.8 Å². The second-order valence-electron chi connectivity index (χ2n) is 6.72. The van der Waals surface area contributed by atoms with Gasteiger partial charge in [-0.1, -0.05) is 30.3 Å². The lowest BCUT2D eigenvalue weighted by atomic mass is 10.0. The minimum absolute atomic E-state index is 0.121. The number of hydrogen-bond acceptors (Lipinski definition) is 4. The molecule has 2 heterocycles. The van der Waals surface area contributed by atoms with E-state index in [9.17, 15) is 19.5 Å². The predicted molar refractivity (Wildman–Crippen MR) is 108 cm³/mol. The molecular weight excluding hydrogens is 372 g/mol. The highest BCUT2D eigenvalue weighted by Crippen LogP contribution is 2.19. The van der Waals surface area contributed by atoms with Gasteiger partial charge in [0, 0.05) is 23.5 Å². The van der Waals surface area contributed by atoms with Crippen molar-refractivity contribution in [3.05, 3.63) is 77.0 Å². The molecule has 1 atom stereocenters. The van der Waals surface area contributed by atoms with E-state index in [2.05, 4.69) is 15.3 Å². The van der Waals surface area contributed by atoms with Gasteiger partial charge in [0.25, 0.3) is 5.56 Å². The van der Waals surface area contributed by atoms with E-state index in [0.29, 0.717) is 10.9 Å². The van der Waals surface area contributed by atoms with Crippen molar-refractivity contribution in [3.63, 3.8) is 0 Å². The SMILES string of the molecule is O=C(Cn1cnc2ccccc2c1=O)N[C@@H](Cc1c[nH]c2ccccc12)C(=O)O. The van der Waals surface area contributed by atoms with Gasteiger partial charge in [-0.2, -0.15) is 0 Å². The first-order chi connectivity index (χ1) is 14.0. The van der Waals surface area contributed by atoms with Crippen molar-refractivity contribution in [3.8, 4) is 0 Å². The third-order valence-corrected chi connectivity index (χ3v) is 4.78. The molecule has 8 heteroatoms. The van der Waals surface area contributed by atoms with Gasteiger partial charge in [0.15, 0.2) is 0 Å². The number of aromatic nitrogens is 3. The van der Waals surface area contributed by atoms with Crippen LogP contribution < -0.4 is 10.9 Å². The number of amides is 1. The van der Waals surface area contributed by atoms with Crippen molar-refractivity contribution in [2.24, 2.45) is 0 Å². The second kappa shape index (κ2) is 7.59. The molecule has 0 aliphatic heterocycles. The molecule has 146 valence electrons. The summed E-state index contributed by atoms with van der Waals surface area (Å²) < 4.78 is 1.17. The monoisotopic (exact) mass is 390 g/mol. The Morgan fingerprint density at radius 1 is 1.10 bits per heavy atom. The number of carbonyl (C=O) groups excluding carboxylic acids is 1. The lowest BCUT2D eigenvalue weighted by Crippen LogP contribution is -2.44. The van der Waals surface area contributed by atoms with Gasteiger partial charge in [-0.05, 0) is 23.8 Å². The van der Waals surface area contributed by atoms with Crippen LogP contribution in [0.1, 0.15) is 5.56 Å². The third kappa shape index (κ3) is 3.73. The lowest BCUT2D eigenvalue weighted by molar-refractivity contribution is -0.141. The highest BCUT2D eigenvalue weighted by molar-refractivity contribution is 5.87. The molecule has 4 rings (SSSR count). The molecule has 2 aromatic heterocycles. The van der Waals surface area contributed by atoms with Crippen LogP contribution in [0.4, 0.5) is 0 Å². The number of aliphatic carboxylic acids is 1. The van der Waals surface area contributed by atoms with Crippen LogP contribution in [0, 0.1) is 0 Å². The summed E-state index contributed by atoms with van der Waals surface area (Å²) in [5.41, 5.74) is 1.87. The first kappa shape index (κ1) is 18.4. The van der Waals surface area contributed by atoms with E-state index >= 15 is 0 Å². The Kier molecular flexibility index (Phi) is 4.82. The molecule has 3 N–H and O–H groups in total. The molecule has 1 amide bonds. The zero-order valence-electron chi connectivity index (χ0n) is 15.3. The number of carboxylic acids is 1. The topological polar surface area (TPSA) is 117 Å². The zero-order chi connectivity index (χ0) is 20.4. The second-order valence-corrected chi connectivity index (χ2v) is 6.72. The number of rotatable bonds is 6. The number of carbonyl (C=O) groups is 2. The summed E-state index contributed by atoms with van der Waals surface area (Å²) >= 11 is 0. The summed E-state index contributed by atoms with van der Waals surface area (Å²) in [6.07, 6.45) is 3.15. The normalized spacial score (nSPS) is 12.1. The molecule has 0 aliphatic rings. The average Bonchev–Trinajstić information content (AvgIpc) is 3.13. The smallest absolute Gasteiger partial charge is 0.326 e. The number of nitrogens with one attached hydrogen (secondary N) is 2. The standard InChI is InChI=1S/C21H18N4O4/c26-19(11-25-12-23-17-8-4-2-6-15(17)20(25)27)24-18(21(28)29)9-13-10-22-16-7-3-1-5-14(13)16/h1-8,10,12,18,22H,9,11H2,(H,24,26)(H,28,29)/t18-/m0/s1. The van der Waals surface area contributed by atoms with Gasteiger partial charge >= 0.3 is 5.97 Å². The largest absolute Gasteiger partial charge is 0.480 e. The van der Waals surface area contributed by atoms with Crippen LogP contribution in [0.3, 0.4) is 0 Å². The number of hydrogen-bond donors (Lipinski definition) is 3. The fourth-order valence-electron chi connectivity index (χ4n) is 3.33. The Bertz CT molecular complexity index is 1270. The highest BCUT2D eigenvalue weighted by atomic mass is 16.4. The van der Waals surface area contributed by atoms with Gasteiger partial charge < -0.3 is 15.4 Å².